The largest absolute Gasteiger partial charge is 0.461 e. The second kappa shape index (κ2) is 14.8. The van der Waals surface area contributed by atoms with E-state index in [1.165, 1.54) is 4.90 Å². The van der Waals surface area contributed by atoms with Gasteiger partial charge in [-0.1, -0.05) is 49.4 Å². The van der Waals surface area contributed by atoms with Crippen molar-refractivity contribution in [1.82, 2.24) is 4.90 Å². The number of esters is 1. The van der Waals surface area contributed by atoms with Crippen molar-refractivity contribution >= 4 is 40.8 Å². The van der Waals surface area contributed by atoms with Gasteiger partial charge in [0, 0.05) is 36.6 Å². The summed E-state index contributed by atoms with van der Waals surface area (Å²) in [6, 6.07) is 20.9. The van der Waals surface area contributed by atoms with E-state index in [0.717, 1.165) is 11.1 Å². The third-order valence-electron chi connectivity index (χ3n) is 8.27. The zero-order valence-corrected chi connectivity index (χ0v) is 25.6. The number of piperidine rings is 1. The van der Waals surface area contributed by atoms with Crippen molar-refractivity contribution in [2.45, 2.75) is 45.0 Å². The van der Waals surface area contributed by atoms with Gasteiger partial charge >= 0.3 is 5.97 Å². The zero-order valence-electron chi connectivity index (χ0n) is 25.6. The standard InChI is InChI=1S/C35H36N4O7/c1-3-24-20-27(12-13-29(24)36-2)37-32(41)30(40)31-34(43)39(18-19-45-31)28-11-7-10-26(21-28)33(42)38-16-14-25(15-17-38)35(44)46-22-23-8-5-4-6-9-23/h4-13,20-21,25,30-31,40H,3,14-19,22H2,1H3,(H,37,41)/t30-,31-/m1/s1. The summed E-state index contributed by atoms with van der Waals surface area (Å²) in [5.41, 5.74) is 3.36. The van der Waals surface area contributed by atoms with Crippen LogP contribution in [-0.4, -0.2) is 72.1 Å². The van der Waals surface area contributed by atoms with E-state index in [9.17, 15) is 24.3 Å². The molecule has 3 aromatic carbocycles. The van der Waals surface area contributed by atoms with E-state index in [1.807, 2.05) is 37.3 Å². The average Bonchev–Trinajstić information content (AvgIpc) is 3.10. The number of nitrogens with one attached hydrogen (secondary N) is 1. The molecule has 5 rings (SSSR count). The number of morpholine rings is 1. The lowest BCUT2D eigenvalue weighted by molar-refractivity contribution is -0.151. The molecule has 11 nitrogen and oxygen atoms in total. The number of aryl methyl sites for hydroxylation is 1. The van der Waals surface area contributed by atoms with E-state index in [4.69, 9.17) is 16.0 Å². The van der Waals surface area contributed by atoms with Crippen LogP contribution in [0.2, 0.25) is 0 Å². The summed E-state index contributed by atoms with van der Waals surface area (Å²) >= 11 is 0. The van der Waals surface area contributed by atoms with E-state index >= 15 is 0 Å². The number of hydrogen-bond acceptors (Lipinski definition) is 7. The third kappa shape index (κ3) is 7.42. The van der Waals surface area contributed by atoms with Crippen LogP contribution < -0.4 is 10.2 Å². The number of amides is 3. The molecule has 2 heterocycles. The van der Waals surface area contributed by atoms with E-state index in [2.05, 4.69) is 10.2 Å². The summed E-state index contributed by atoms with van der Waals surface area (Å²) in [5, 5.41) is 13.4. The van der Waals surface area contributed by atoms with E-state index in [-0.39, 0.29) is 37.6 Å². The summed E-state index contributed by atoms with van der Waals surface area (Å²) < 4.78 is 11.0. The lowest BCUT2D eigenvalue weighted by atomic mass is 9.96. The molecule has 0 aromatic heterocycles. The van der Waals surface area contributed by atoms with Crippen LogP contribution in [0.1, 0.15) is 41.3 Å². The number of rotatable bonds is 9. The lowest BCUT2D eigenvalue weighted by Gasteiger charge is -2.34. The number of ether oxygens (including phenoxy) is 2. The molecule has 2 atom stereocenters. The van der Waals surface area contributed by atoms with E-state index in [1.54, 1.807) is 47.4 Å². The van der Waals surface area contributed by atoms with Crippen LogP contribution in [-0.2, 0) is 36.9 Å². The summed E-state index contributed by atoms with van der Waals surface area (Å²) in [6.07, 6.45) is -1.65. The molecule has 2 N–H and O–H groups in total. The molecule has 2 saturated heterocycles. The number of likely N-dealkylation sites (tertiary alicyclic amines) is 1. The Hall–Kier alpha value is -5.05. The molecule has 2 aliphatic rings. The molecular formula is C35H36N4O7. The Balaban J connectivity index is 1.18. The van der Waals surface area contributed by atoms with Gasteiger partial charge in [-0.25, -0.2) is 4.85 Å². The van der Waals surface area contributed by atoms with Crippen LogP contribution in [0.25, 0.3) is 4.85 Å². The highest BCUT2D eigenvalue weighted by Crippen LogP contribution is 2.27. The Labute approximate surface area is 267 Å². The van der Waals surface area contributed by atoms with Crippen LogP contribution >= 0.6 is 0 Å². The van der Waals surface area contributed by atoms with Gasteiger partial charge in [0.1, 0.15) is 6.61 Å². The molecule has 2 aliphatic heterocycles. The topological polar surface area (TPSA) is 130 Å². The number of anilines is 2. The minimum absolute atomic E-state index is 0.0759. The average molecular weight is 625 g/mol. The molecule has 3 aromatic rings. The number of aliphatic hydroxyl groups is 1. The minimum atomic E-state index is -1.79. The summed E-state index contributed by atoms with van der Waals surface area (Å²) in [6.45, 7) is 10.4. The van der Waals surface area contributed by atoms with E-state index < -0.39 is 24.0 Å². The first kappa shape index (κ1) is 32.3. The first-order valence-corrected chi connectivity index (χ1v) is 15.3. The smallest absolute Gasteiger partial charge is 0.309 e. The first-order chi connectivity index (χ1) is 22.3. The van der Waals surface area contributed by atoms with Crippen molar-refractivity contribution in [2.75, 3.05) is 36.5 Å². The molecule has 46 heavy (non-hydrogen) atoms. The van der Waals surface area contributed by atoms with Crippen molar-refractivity contribution in [3.8, 4) is 0 Å². The molecule has 238 valence electrons. The van der Waals surface area contributed by atoms with E-state index in [0.29, 0.717) is 55.0 Å². The van der Waals surface area contributed by atoms with Gasteiger partial charge in [-0.15, -0.1) is 0 Å². The monoisotopic (exact) mass is 624 g/mol. The van der Waals surface area contributed by atoms with Gasteiger partial charge in [0.15, 0.2) is 17.9 Å². The maximum atomic E-state index is 13.4. The van der Waals surface area contributed by atoms with Gasteiger partial charge in [0.05, 0.1) is 19.1 Å². The fourth-order valence-electron chi connectivity index (χ4n) is 5.65. The summed E-state index contributed by atoms with van der Waals surface area (Å²) in [4.78, 5) is 58.9. The number of hydrogen-bond donors (Lipinski definition) is 2. The van der Waals surface area contributed by atoms with Crippen LogP contribution in [0.4, 0.5) is 17.1 Å². The number of aliphatic hydroxyl groups excluding tert-OH is 1. The molecule has 3 amide bonds. The van der Waals surface area contributed by atoms with Crippen LogP contribution in [0.5, 0.6) is 0 Å². The highest BCUT2D eigenvalue weighted by molar-refractivity contribution is 6.04. The molecule has 0 bridgehead atoms. The van der Waals surface area contributed by atoms with Gasteiger partial charge in [-0.2, -0.15) is 0 Å². The number of carbonyl (C=O) groups excluding carboxylic acids is 4. The zero-order chi connectivity index (χ0) is 32.6. The molecule has 0 spiro atoms. The highest BCUT2D eigenvalue weighted by Gasteiger charge is 2.39. The SMILES string of the molecule is [C-]#[N+]c1ccc(NC(=O)[C@H](O)[C@H]2OCCN(c3cccc(C(=O)N4CCC(C(=O)OCc5ccccc5)CC4)c3)C2=O)cc1CC. The second-order valence-corrected chi connectivity index (χ2v) is 11.2. The van der Waals surface area contributed by atoms with Crippen molar-refractivity contribution in [3.63, 3.8) is 0 Å². The number of benzene rings is 3. The summed E-state index contributed by atoms with van der Waals surface area (Å²) in [5.74, 6) is -2.18. The Morgan fingerprint density at radius 3 is 2.52 bits per heavy atom. The third-order valence-corrected chi connectivity index (χ3v) is 8.27. The fraction of sp³-hybridized carbons (Fsp3) is 0.343. The second-order valence-electron chi connectivity index (χ2n) is 11.2. The Morgan fingerprint density at radius 2 is 1.80 bits per heavy atom. The predicted octanol–water partition coefficient (Wildman–Crippen LogP) is 4.13. The van der Waals surface area contributed by atoms with Gasteiger partial charge < -0.3 is 29.7 Å². The Kier molecular flexibility index (Phi) is 10.4. The Bertz CT molecular complexity index is 1630. The molecule has 11 heteroatoms. The van der Waals surface area contributed by atoms with Crippen LogP contribution in [0.15, 0.2) is 72.8 Å². The van der Waals surface area contributed by atoms with Crippen molar-refractivity contribution in [3.05, 3.63) is 101 Å². The maximum absolute atomic E-state index is 13.4. The van der Waals surface area contributed by atoms with Crippen LogP contribution in [0.3, 0.4) is 0 Å². The first-order valence-electron chi connectivity index (χ1n) is 15.3. The Morgan fingerprint density at radius 1 is 1.04 bits per heavy atom. The van der Waals surface area contributed by atoms with Gasteiger partial charge in [-0.3, -0.25) is 19.2 Å². The highest BCUT2D eigenvalue weighted by atomic mass is 16.5. The molecule has 0 aliphatic carbocycles. The molecule has 2 fully saturated rings. The van der Waals surface area contributed by atoms with Crippen molar-refractivity contribution in [1.29, 1.82) is 0 Å². The number of carbonyl (C=O) groups is 4. The van der Waals surface area contributed by atoms with Gasteiger partial charge in [0.25, 0.3) is 17.7 Å². The van der Waals surface area contributed by atoms with Crippen molar-refractivity contribution in [2.24, 2.45) is 5.92 Å². The van der Waals surface area contributed by atoms with Crippen LogP contribution in [0, 0.1) is 12.5 Å². The maximum Gasteiger partial charge on any atom is 0.309 e. The lowest BCUT2D eigenvalue weighted by Crippen LogP contribution is -2.55. The normalized spacial score (nSPS) is 17.6. The fourth-order valence-corrected chi connectivity index (χ4v) is 5.65. The quantitative estimate of drug-likeness (QED) is 0.271. The predicted molar refractivity (Wildman–Crippen MR) is 170 cm³/mol. The van der Waals surface area contributed by atoms with Crippen molar-refractivity contribution < 1.29 is 33.8 Å². The molecule has 0 saturated carbocycles. The van der Waals surface area contributed by atoms with Gasteiger partial charge in [0.2, 0.25) is 0 Å². The minimum Gasteiger partial charge on any atom is -0.461 e. The summed E-state index contributed by atoms with van der Waals surface area (Å²) in [7, 11) is 0. The molecular weight excluding hydrogens is 588 g/mol. The molecule has 0 radical (unpaired) electrons. The van der Waals surface area contributed by atoms with Gasteiger partial charge in [-0.05, 0) is 60.7 Å². The molecule has 0 unspecified atom stereocenters. The number of nitrogens with zero attached hydrogens (tertiary/aromatic N) is 3.